The minimum atomic E-state index is -0.540. The van der Waals surface area contributed by atoms with Crippen molar-refractivity contribution < 1.29 is 4.74 Å². The summed E-state index contributed by atoms with van der Waals surface area (Å²) in [5, 5.41) is 0. The van der Waals surface area contributed by atoms with Gasteiger partial charge in [0.15, 0.2) is 0 Å². The molecule has 1 atom stereocenters. The maximum atomic E-state index is 5.81. The van der Waals surface area contributed by atoms with Crippen LogP contribution in [-0.2, 0) is 0 Å². The summed E-state index contributed by atoms with van der Waals surface area (Å²) >= 11 is -0.540. The van der Waals surface area contributed by atoms with Gasteiger partial charge in [0.2, 0.25) is 0 Å². The molecule has 0 aliphatic carbocycles. The molecule has 1 rings (SSSR count). The Morgan fingerprint density at radius 2 is 2.00 bits per heavy atom. The first-order valence-corrected chi connectivity index (χ1v) is 7.42. The van der Waals surface area contributed by atoms with Gasteiger partial charge in [-0.3, -0.25) is 0 Å². The Labute approximate surface area is 92.9 Å². The Balaban J connectivity index is 2.58. The second-order valence-corrected chi connectivity index (χ2v) is 5.00. The van der Waals surface area contributed by atoms with Crippen LogP contribution in [0.4, 0.5) is 0 Å². The van der Waals surface area contributed by atoms with Gasteiger partial charge in [0.25, 0.3) is 0 Å². The van der Waals surface area contributed by atoms with Crippen molar-refractivity contribution in [1.29, 1.82) is 0 Å². The van der Waals surface area contributed by atoms with E-state index in [0.29, 0.717) is 6.10 Å². The van der Waals surface area contributed by atoms with Crippen molar-refractivity contribution in [3.05, 3.63) is 24.3 Å². The Morgan fingerprint density at radius 3 is 2.46 bits per heavy atom. The van der Waals surface area contributed by atoms with Gasteiger partial charge in [0.05, 0.1) is 6.10 Å². The number of hydrogen-bond donors (Lipinski definition) is 0. The third-order valence-corrected chi connectivity index (χ3v) is 3.70. The van der Waals surface area contributed by atoms with Gasteiger partial charge in [-0.2, -0.15) is 0 Å². The van der Waals surface area contributed by atoms with E-state index in [1.54, 1.807) is 0 Å². The molecule has 0 aromatic heterocycles. The van der Waals surface area contributed by atoms with Crippen LogP contribution in [0.25, 0.3) is 0 Å². The predicted molar refractivity (Wildman–Crippen MR) is 58.1 cm³/mol. The number of ether oxygens (including phenoxy) is 1. The molecule has 1 nitrogen and oxygen atoms in total. The van der Waals surface area contributed by atoms with Gasteiger partial charge in [0.1, 0.15) is 5.75 Å². The third kappa shape index (κ3) is 3.75. The summed E-state index contributed by atoms with van der Waals surface area (Å²) in [6.07, 6.45) is 1.32. The highest BCUT2D eigenvalue weighted by Crippen LogP contribution is 2.11. The van der Waals surface area contributed by atoms with Crippen LogP contribution >= 0.6 is 9.07 Å². The molecule has 0 amide bonds. The number of benzene rings is 1. The Kier molecular flexibility index (Phi) is 4.92. The zero-order valence-corrected chi connectivity index (χ0v) is 10.3. The lowest BCUT2D eigenvalue weighted by atomic mass is 10.3. The van der Waals surface area contributed by atoms with E-state index in [0.717, 1.165) is 12.2 Å². The lowest BCUT2D eigenvalue weighted by Gasteiger charge is -2.12. The summed E-state index contributed by atoms with van der Waals surface area (Å²) in [5.41, 5.74) is 0. The summed E-state index contributed by atoms with van der Waals surface area (Å²) in [7, 11) is 5.81. The van der Waals surface area contributed by atoms with Crippen molar-refractivity contribution in [1.82, 2.24) is 0 Å². The highest BCUT2D eigenvalue weighted by molar-refractivity contribution is 7.01. The molecule has 0 saturated carbocycles. The van der Waals surface area contributed by atoms with Gasteiger partial charge in [-0.05, 0) is 25.5 Å². The fourth-order valence-corrected chi connectivity index (χ4v) is 1.92. The number of hydrogen-bond acceptors (Lipinski definition) is 1. The minimum absolute atomic E-state index is 0.291. The molecule has 0 bridgehead atoms. The quantitative estimate of drug-likeness (QED) is 0.691. The van der Waals surface area contributed by atoms with E-state index in [4.69, 9.17) is 13.8 Å². The van der Waals surface area contributed by atoms with Crippen molar-refractivity contribution in [2.75, 3.05) is 0 Å². The average Bonchev–Trinajstić information content (AvgIpc) is 2.19. The van der Waals surface area contributed by atoms with E-state index in [1.165, 1.54) is 3.69 Å². The third-order valence-electron chi connectivity index (χ3n) is 1.99. The topological polar surface area (TPSA) is 9.23 Å². The second kappa shape index (κ2) is 5.73. The Morgan fingerprint density at radius 1 is 1.38 bits per heavy atom. The average molecular weight is 209 g/mol. The Hall–Kier alpha value is 0.0762. The van der Waals surface area contributed by atoms with E-state index >= 15 is 0 Å². The number of halogens is 1. The largest absolute Gasteiger partial charge is 0.538 e. The molecule has 0 N–H and O–H groups in total. The first-order valence-electron chi connectivity index (χ1n) is 4.57. The summed E-state index contributed by atoms with van der Waals surface area (Å²) in [5.74, 6) is 0.942. The van der Waals surface area contributed by atoms with Crippen molar-refractivity contribution >= 4 is 32.0 Å². The molecular formula is C10H13ClMgO. The van der Waals surface area contributed by atoms with E-state index in [1.807, 2.05) is 12.1 Å². The zero-order valence-electron chi connectivity index (χ0n) is 8.09. The molecule has 3 heteroatoms. The smallest absolute Gasteiger partial charge is 0.491 e. The Bertz CT molecular complexity index is 248. The van der Waals surface area contributed by atoms with Crippen LogP contribution in [0, 0.1) is 0 Å². The first kappa shape index (κ1) is 11.2. The van der Waals surface area contributed by atoms with Crippen molar-refractivity contribution in [2.24, 2.45) is 0 Å². The van der Waals surface area contributed by atoms with Crippen LogP contribution in [0.5, 0.6) is 5.75 Å². The fraction of sp³-hybridized carbons (Fsp3) is 0.400. The molecule has 0 heterocycles. The molecule has 0 spiro atoms. The van der Waals surface area contributed by atoms with Crippen LogP contribution in [0.2, 0.25) is 0 Å². The van der Waals surface area contributed by atoms with Gasteiger partial charge in [0, 0.05) is 0 Å². The summed E-state index contributed by atoms with van der Waals surface area (Å²) < 4.78 is 6.90. The SMILES string of the molecule is CCC(C)Oc1cc[c]([Mg][Cl])cc1. The van der Waals surface area contributed by atoms with Crippen molar-refractivity contribution in [3.8, 4) is 5.75 Å². The van der Waals surface area contributed by atoms with E-state index < -0.39 is 19.3 Å². The maximum Gasteiger partial charge on any atom is 0.538 e. The lowest BCUT2D eigenvalue weighted by Crippen LogP contribution is -2.11. The fourth-order valence-electron chi connectivity index (χ4n) is 0.973. The molecule has 13 heavy (non-hydrogen) atoms. The highest BCUT2D eigenvalue weighted by atomic mass is 35.5. The summed E-state index contributed by atoms with van der Waals surface area (Å²) in [6, 6.07) is 8.10. The van der Waals surface area contributed by atoms with Crippen LogP contribution in [0.3, 0.4) is 0 Å². The van der Waals surface area contributed by atoms with Crippen LogP contribution in [-0.4, -0.2) is 25.4 Å². The summed E-state index contributed by atoms with van der Waals surface area (Å²) in [6.45, 7) is 4.19. The highest BCUT2D eigenvalue weighted by Gasteiger charge is 2.01. The molecule has 0 saturated heterocycles. The standard InChI is InChI=1S/C10H13O.ClH.Mg/c1-3-9(2)11-10-7-5-4-6-8-10;;/h5-9H,3H2,1-2H3;1H;/q;;+1/p-1. The van der Waals surface area contributed by atoms with E-state index in [-0.39, 0.29) is 0 Å². The van der Waals surface area contributed by atoms with Gasteiger partial charge in [-0.25, -0.2) is 0 Å². The normalized spacial score (nSPS) is 11.9. The van der Waals surface area contributed by atoms with Crippen LogP contribution in [0.1, 0.15) is 20.3 Å². The monoisotopic (exact) mass is 208 g/mol. The van der Waals surface area contributed by atoms with Gasteiger partial charge in [-0.1, -0.05) is 19.1 Å². The lowest BCUT2D eigenvalue weighted by molar-refractivity contribution is 0.217. The maximum absolute atomic E-state index is 5.81. The minimum Gasteiger partial charge on any atom is -0.491 e. The molecule has 1 unspecified atom stereocenters. The molecular weight excluding hydrogens is 196 g/mol. The molecule has 1 aromatic rings. The van der Waals surface area contributed by atoms with Gasteiger partial charge in [-0.15, -0.1) is 3.69 Å². The van der Waals surface area contributed by atoms with E-state index in [9.17, 15) is 0 Å². The van der Waals surface area contributed by atoms with Gasteiger partial charge < -0.3 is 13.8 Å². The van der Waals surface area contributed by atoms with Crippen molar-refractivity contribution in [3.63, 3.8) is 0 Å². The number of rotatable bonds is 4. The molecule has 0 radical (unpaired) electrons. The zero-order chi connectivity index (χ0) is 9.68. The molecule has 68 valence electrons. The van der Waals surface area contributed by atoms with Crippen molar-refractivity contribution in [2.45, 2.75) is 26.4 Å². The van der Waals surface area contributed by atoms with E-state index in [2.05, 4.69) is 26.0 Å². The summed E-state index contributed by atoms with van der Waals surface area (Å²) in [4.78, 5) is 0. The second-order valence-electron chi connectivity index (χ2n) is 3.11. The van der Waals surface area contributed by atoms with Crippen LogP contribution in [0.15, 0.2) is 24.3 Å². The molecule has 0 aliphatic rings. The molecule has 0 fully saturated rings. The predicted octanol–water partition coefficient (Wildman–Crippen LogP) is 2.35. The molecule has 0 aliphatic heterocycles. The van der Waals surface area contributed by atoms with Gasteiger partial charge >= 0.3 is 19.3 Å². The first-order chi connectivity index (χ1) is 6.26. The van der Waals surface area contributed by atoms with Crippen LogP contribution < -0.4 is 8.43 Å². The molecule has 1 aromatic carbocycles.